The third kappa shape index (κ3) is 5.57. The van der Waals surface area contributed by atoms with Crippen molar-refractivity contribution in [1.29, 1.82) is 0 Å². The Morgan fingerprint density at radius 1 is 1.34 bits per heavy atom. The van der Waals surface area contributed by atoms with Crippen LogP contribution in [0.2, 0.25) is 0 Å². The minimum atomic E-state index is -0.637. The first kappa shape index (κ1) is 24.9. The van der Waals surface area contributed by atoms with Crippen molar-refractivity contribution in [3.05, 3.63) is 62.3 Å². The molecule has 0 radical (unpaired) electrons. The van der Waals surface area contributed by atoms with Crippen molar-refractivity contribution >= 4 is 34.5 Å². The molecule has 3 heterocycles. The molecule has 0 spiro atoms. The number of carbonyl (C=O) groups is 2. The summed E-state index contributed by atoms with van der Waals surface area (Å²) in [6.45, 7) is 6.44. The molecule has 0 saturated carbocycles. The fourth-order valence-electron chi connectivity index (χ4n) is 4.26. The van der Waals surface area contributed by atoms with E-state index in [4.69, 9.17) is 9.47 Å². The number of nitrogens with one attached hydrogen (secondary N) is 1. The van der Waals surface area contributed by atoms with E-state index in [0.29, 0.717) is 40.8 Å². The number of amides is 1. The van der Waals surface area contributed by atoms with E-state index in [0.717, 1.165) is 12.8 Å². The molecular weight excluding hydrogens is 472 g/mol. The molecule has 1 fully saturated rings. The Labute approximate surface area is 207 Å². The molecule has 10 nitrogen and oxygen atoms in total. The van der Waals surface area contributed by atoms with E-state index in [-0.39, 0.29) is 30.2 Å². The van der Waals surface area contributed by atoms with Gasteiger partial charge in [0, 0.05) is 31.0 Å². The average molecular weight is 501 g/mol. The first-order valence-electron chi connectivity index (χ1n) is 11.5. The Morgan fingerprint density at radius 3 is 2.71 bits per heavy atom. The van der Waals surface area contributed by atoms with Crippen molar-refractivity contribution < 1.29 is 24.0 Å². The molecule has 4 rings (SSSR count). The Bertz CT molecular complexity index is 1110. The van der Waals surface area contributed by atoms with Gasteiger partial charge in [-0.05, 0) is 56.7 Å². The number of non-ortho nitro benzene ring substituents is 1. The zero-order valence-corrected chi connectivity index (χ0v) is 20.7. The molecular formula is C24H28N4O6S. The molecule has 0 bridgehead atoms. The molecule has 3 aliphatic rings. The van der Waals surface area contributed by atoms with Crippen molar-refractivity contribution in [3.8, 4) is 0 Å². The summed E-state index contributed by atoms with van der Waals surface area (Å²) < 4.78 is 11.1. The number of ether oxygens (including phenoxy) is 2. The van der Waals surface area contributed by atoms with Crippen molar-refractivity contribution in [2.75, 3.05) is 13.2 Å². The summed E-state index contributed by atoms with van der Waals surface area (Å²) in [7, 11) is 0. The molecule has 11 heteroatoms. The van der Waals surface area contributed by atoms with Gasteiger partial charge in [-0.2, -0.15) is 0 Å². The number of nitrogens with zero attached hydrogens (tertiary/aromatic N) is 3. The molecule has 0 aromatic heterocycles. The number of hydrogen-bond acceptors (Lipinski definition) is 9. The number of fused-ring (bicyclic) bond motifs is 1. The molecule has 35 heavy (non-hydrogen) atoms. The molecule has 2 atom stereocenters. The molecule has 0 aliphatic carbocycles. The van der Waals surface area contributed by atoms with Crippen LogP contribution < -0.4 is 5.32 Å². The van der Waals surface area contributed by atoms with Crippen LogP contribution in [0.5, 0.6) is 0 Å². The smallest absolute Gasteiger partial charge is 0.338 e. The van der Waals surface area contributed by atoms with Crippen LogP contribution >= 0.6 is 11.8 Å². The van der Waals surface area contributed by atoms with Gasteiger partial charge in [0.15, 0.2) is 5.17 Å². The number of nitro groups is 1. The lowest BCUT2D eigenvalue weighted by atomic mass is 9.93. The number of aliphatic imine (C=N–C) groups is 1. The molecule has 0 unspecified atom stereocenters. The van der Waals surface area contributed by atoms with Crippen LogP contribution in [0, 0.1) is 10.1 Å². The summed E-state index contributed by atoms with van der Waals surface area (Å²) in [6, 6.07) is 5.42. The largest absolute Gasteiger partial charge is 0.459 e. The van der Waals surface area contributed by atoms with Crippen LogP contribution in [-0.4, -0.2) is 52.2 Å². The minimum absolute atomic E-state index is 0.0360. The van der Waals surface area contributed by atoms with Crippen molar-refractivity contribution in [3.63, 3.8) is 0 Å². The molecule has 1 aromatic carbocycles. The maximum atomic E-state index is 13.1. The van der Waals surface area contributed by atoms with Gasteiger partial charge < -0.3 is 19.7 Å². The Balaban J connectivity index is 1.63. The van der Waals surface area contributed by atoms with E-state index in [1.165, 1.54) is 23.9 Å². The fraction of sp³-hybridized carbons (Fsp3) is 0.458. The van der Waals surface area contributed by atoms with Gasteiger partial charge in [0.05, 0.1) is 40.9 Å². The van der Waals surface area contributed by atoms with Crippen LogP contribution in [0.4, 0.5) is 5.69 Å². The van der Waals surface area contributed by atoms with Gasteiger partial charge in [0.1, 0.15) is 0 Å². The lowest BCUT2D eigenvalue weighted by molar-refractivity contribution is -0.384. The van der Waals surface area contributed by atoms with E-state index >= 15 is 0 Å². The number of amidine groups is 1. The second kappa shape index (κ2) is 10.6. The second-order valence-corrected chi connectivity index (χ2v) is 9.65. The molecule has 1 N–H and O–H groups in total. The van der Waals surface area contributed by atoms with Gasteiger partial charge in [-0.15, -0.1) is 0 Å². The highest BCUT2D eigenvalue weighted by Crippen LogP contribution is 2.45. The number of thioether (sulfide) groups is 1. The van der Waals surface area contributed by atoms with Crippen LogP contribution in [0.15, 0.2) is 51.6 Å². The molecule has 1 aromatic rings. The fourth-order valence-corrected chi connectivity index (χ4v) is 5.23. The standard InChI is InChI=1S/C24H28N4O6S/c1-14(2)34-23(30)21-15(3)26-24-27(22(21)16-6-8-17(9-7-16)28(31)32)18(13-35-24)11-20(29)25-12-19-5-4-10-33-19/h6-9,13-14,19,22H,4-5,10-12H2,1-3H3,(H,25,29)/t19-,22-/m1/s1. The van der Waals surface area contributed by atoms with Gasteiger partial charge >= 0.3 is 5.97 Å². The summed E-state index contributed by atoms with van der Waals surface area (Å²) in [5.74, 6) is -0.670. The molecule has 1 saturated heterocycles. The normalized spacial score (nSPS) is 21.5. The van der Waals surface area contributed by atoms with E-state index in [1.807, 2.05) is 10.3 Å². The molecule has 186 valence electrons. The highest BCUT2D eigenvalue weighted by molar-refractivity contribution is 8.16. The third-order valence-corrected chi connectivity index (χ3v) is 6.76. The average Bonchev–Trinajstić information content (AvgIpc) is 3.46. The molecule has 1 amide bonds. The quantitative estimate of drug-likeness (QED) is 0.325. The van der Waals surface area contributed by atoms with E-state index in [1.54, 1.807) is 32.9 Å². The third-order valence-electron chi connectivity index (χ3n) is 5.88. The van der Waals surface area contributed by atoms with Gasteiger partial charge in [-0.25, -0.2) is 9.79 Å². The number of benzene rings is 1. The van der Waals surface area contributed by atoms with Crippen LogP contribution in [0.3, 0.4) is 0 Å². The number of allylic oxidation sites excluding steroid dienone is 1. The topological polar surface area (TPSA) is 123 Å². The summed E-state index contributed by atoms with van der Waals surface area (Å²) in [5.41, 5.74) is 2.14. The minimum Gasteiger partial charge on any atom is -0.459 e. The predicted molar refractivity (Wildman–Crippen MR) is 131 cm³/mol. The monoisotopic (exact) mass is 500 g/mol. The second-order valence-electron chi connectivity index (χ2n) is 8.81. The van der Waals surface area contributed by atoms with Gasteiger partial charge in [0.25, 0.3) is 5.69 Å². The van der Waals surface area contributed by atoms with Crippen molar-refractivity contribution in [1.82, 2.24) is 10.2 Å². The number of rotatable bonds is 8. The Morgan fingerprint density at radius 2 is 2.09 bits per heavy atom. The number of nitro benzene ring substituents is 1. The lowest BCUT2D eigenvalue weighted by Crippen LogP contribution is -2.39. The summed E-state index contributed by atoms with van der Waals surface area (Å²) in [6.07, 6.45) is 1.71. The molecule has 3 aliphatic heterocycles. The van der Waals surface area contributed by atoms with Crippen LogP contribution in [0.25, 0.3) is 0 Å². The van der Waals surface area contributed by atoms with Gasteiger partial charge in [-0.1, -0.05) is 11.8 Å². The Kier molecular flexibility index (Phi) is 7.56. The maximum Gasteiger partial charge on any atom is 0.338 e. The van der Waals surface area contributed by atoms with Gasteiger partial charge in [-0.3, -0.25) is 14.9 Å². The maximum absolute atomic E-state index is 13.1. The predicted octanol–water partition coefficient (Wildman–Crippen LogP) is 3.81. The first-order valence-corrected chi connectivity index (χ1v) is 12.4. The Hall–Kier alpha value is -3.18. The van der Waals surface area contributed by atoms with E-state index in [9.17, 15) is 19.7 Å². The summed E-state index contributed by atoms with van der Waals surface area (Å²) >= 11 is 1.37. The van der Waals surface area contributed by atoms with Crippen LogP contribution in [0.1, 0.15) is 51.6 Å². The highest BCUT2D eigenvalue weighted by Gasteiger charge is 2.41. The van der Waals surface area contributed by atoms with Crippen molar-refractivity contribution in [2.45, 2.75) is 58.3 Å². The van der Waals surface area contributed by atoms with Gasteiger partial charge in [0.2, 0.25) is 5.91 Å². The zero-order chi connectivity index (χ0) is 25.1. The zero-order valence-electron chi connectivity index (χ0n) is 19.9. The SMILES string of the molecule is CC1=C(C(=O)OC(C)C)[C@@H](c2ccc([N+](=O)[O-])cc2)N2C(CC(=O)NC[C@H]3CCCO3)=CSC2=N1. The first-order chi connectivity index (χ1) is 16.7. The van der Waals surface area contributed by atoms with Crippen molar-refractivity contribution in [2.24, 2.45) is 4.99 Å². The van der Waals surface area contributed by atoms with Crippen LogP contribution in [-0.2, 0) is 19.1 Å². The summed E-state index contributed by atoms with van der Waals surface area (Å²) in [4.78, 5) is 43.1. The number of hydrogen-bond donors (Lipinski definition) is 1. The van der Waals surface area contributed by atoms with E-state index in [2.05, 4.69) is 10.3 Å². The number of carbonyl (C=O) groups excluding carboxylic acids is 2. The summed E-state index contributed by atoms with van der Waals surface area (Å²) in [5, 5.41) is 16.6. The highest BCUT2D eigenvalue weighted by atomic mass is 32.2. The number of esters is 1. The van der Waals surface area contributed by atoms with E-state index < -0.39 is 16.9 Å². The lowest BCUT2D eigenvalue weighted by Gasteiger charge is -2.36.